The Bertz CT molecular complexity index is 779. The second-order valence-electron chi connectivity index (χ2n) is 6.35. The molecule has 0 radical (unpaired) electrons. The van der Waals surface area contributed by atoms with E-state index in [1.807, 2.05) is 0 Å². The van der Waals surface area contributed by atoms with Crippen LogP contribution in [-0.2, 0) is 4.74 Å². The topological polar surface area (TPSA) is 77.2 Å². The van der Waals surface area contributed by atoms with E-state index in [1.165, 1.54) is 6.20 Å². The van der Waals surface area contributed by atoms with Crippen LogP contribution in [0.15, 0.2) is 18.3 Å². The van der Waals surface area contributed by atoms with Crippen molar-refractivity contribution in [2.24, 2.45) is 0 Å². The molecule has 1 aliphatic heterocycles. The van der Waals surface area contributed by atoms with Crippen molar-refractivity contribution in [2.45, 2.75) is 37.6 Å². The molecule has 126 valence electrons. The monoisotopic (exact) mass is 331 g/mol. The Hall–Kier alpha value is -2.28. The summed E-state index contributed by atoms with van der Waals surface area (Å²) in [4.78, 5) is 15.6. The number of carbonyl (C=O) groups is 1. The molecule has 1 N–H and O–H groups in total. The van der Waals surface area contributed by atoms with Crippen molar-refractivity contribution in [3.63, 3.8) is 0 Å². The van der Waals surface area contributed by atoms with E-state index in [-0.39, 0.29) is 17.2 Å². The molecular weight excluding hydrogens is 313 g/mol. The van der Waals surface area contributed by atoms with Gasteiger partial charge in [0.2, 0.25) is 5.95 Å². The summed E-state index contributed by atoms with van der Waals surface area (Å²) in [5.41, 5.74) is 1.23. The van der Waals surface area contributed by atoms with E-state index in [2.05, 4.69) is 10.1 Å². The lowest BCUT2D eigenvalue weighted by Gasteiger charge is -2.24. The lowest BCUT2D eigenvalue weighted by molar-refractivity contribution is 0.0665. The van der Waals surface area contributed by atoms with Crippen LogP contribution in [0.1, 0.15) is 53.7 Å². The Morgan fingerprint density at radius 2 is 2.00 bits per heavy atom. The average Bonchev–Trinajstić information content (AvgIpc) is 3.34. The summed E-state index contributed by atoms with van der Waals surface area (Å²) in [6.45, 7) is 1.18. The number of carboxylic acid groups (broad SMARTS) is 1. The molecule has 1 aliphatic carbocycles. The van der Waals surface area contributed by atoms with Gasteiger partial charge in [-0.25, -0.2) is 9.78 Å². The predicted molar refractivity (Wildman–Crippen MR) is 83.4 cm³/mol. The normalized spacial score (nSPS) is 18.7. The maximum absolute atomic E-state index is 14.6. The molecule has 7 heteroatoms. The van der Waals surface area contributed by atoms with Gasteiger partial charge in [-0.1, -0.05) is 0 Å². The van der Waals surface area contributed by atoms with E-state index >= 15 is 0 Å². The van der Waals surface area contributed by atoms with Crippen LogP contribution < -0.4 is 0 Å². The minimum atomic E-state index is -1.12. The molecule has 2 fully saturated rings. The van der Waals surface area contributed by atoms with E-state index in [0.29, 0.717) is 24.8 Å². The Kier molecular flexibility index (Phi) is 3.80. The molecule has 1 saturated heterocycles. The highest BCUT2D eigenvalue weighted by atomic mass is 19.1. The van der Waals surface area contributed by atoms with Gasteiger partial charge in [0.05, 0.1) is 23.5 Å². The molecule has 24 heavy (non-hydrogen) atoms. The van der Waals surface area contributed by atoms with Gasteiger partial charge in [0.25, 0.3) is 0 Å². The average molecular weight is 331 g/mol. The van der Waals surface area contributed by atoms with E-state index < -0.39 is 11.9 Å². The number of hydrogen-bond donors (Lipinski definition) is 1. The molecule has 2 aliphatic rings. The number of aromatic nitrogens is 3. The van der Waals surface area contributed by atoms with Gasteiger partial charge < -0.3 is 9.84 Å². The van der Waals surface area contributed by atoms with Gasteiger partial charge in [-0.15, -0.1) is 0 Å². The van der Waals surface area contributed by atoms with Crippen LogP contribution in [0.3, 0.4) is 0 Å². The number of halogens is 1. The number of hydrogen-bond acceptors (Lipinski definition) is 4. The number of carboxylic acids is 1. The van der Waals surface area contributed by atoms with Crippen molar-refractivity contribution in [2.75, 3.05) is 13.2 Å². The van der Waals surface area contributed by atoms with Crippen LogP contribution >= 0.6 is 0 Å². The predicted octanol–water partition coefficient (Wildman–Crippen LogP) is 3.01. The van der Waals surface area contributed by atoms with Crippen molar-refractivity contribution in [3.8, 4) is 11.3 Å². The lowest BCUT2D eigenvalue weighted by Crippen LogP contribution is -2.21. The first kappa shape index (κ1) is 15.3. The third kappa shape index (κ3) is 2.69. The molecule has 0 aromatic carbocycles. The van der Waals surface area contributed by atoms with Gasteiger partial charge in [-0.2, -0.15) is 9.49 Å². The van der Waals surface area contributed by atoms with Crippen LogP contribution in [0.25, 0.3) is 11.3 Å². The summed E-state index contributed by atoms with van der Waals surface area (Å²) < 4.78 is 21.6. The minimum absolute atomic E-state index is 0.00126. The first-order valence-electron chi connectivity index (χ1n) is 8.20. The smallest absolute Gasteiger partial charge is 0.339 e. The fourth-order valence-electron chi connectivity index (χ4n) is 3.23. The van der Waals surface area contributed by atoms with Gasteiger partial charge >= 0.3 is 5.97 Å². The molecule has 1 saturated carbocycles. The zero-order chi connectivity index (χ0) is 16.7. The molecule has 6 nitrogen and oxygen atoms in total. The van der Waals surface area contributed by atoms with E-state index in [1.54, 1.807) is 16.8 Å². The molecule has 0 unspecified atom stereocenters. The molecule has 2 aromatic heterocycles. The van der Waals surface area contributed by atoms with Gasteiger partial charge in [0.1, 0.15) is 5.56 Å². The summed E-state index contributed by atoms with van der Waals surface area (Å²) >= 11 is 0. The van der Waals surface area contributed by atoms with E-state index in [4.69, 9.17) is 4.74 Å². The van der Waals surface area contributed by atoms with E-state index in [0.717, 1.165) is 31.4 Å². The molecule has 0 atom stereocenters. The fourth-order valence-corrected chi connectivity index (χ4v) is 3.23. The van der Waals surface area contributed by atoms with E-state index in [9.17, 15) is 14.3 Å². The molecule has 3 heterocycles. The van der Waals surface area contributed by atoms with Crippen molar-refractivity contribution in [1.29, 1.82) is 0 Å². The zero-order valence-corrected chi connectivity index (χ0v) is 13.1. The molecule has 0 amide bonds. The summed E-state index contributed by atoms with van der Waals surface area (Å²) in [6.07, 6.45) is 4.81. The van der Waals surface area contributed by atoms with Gasteiger partial charge in [-0.05, 0) is 37.8 Å². The second kappa shape index (κ2) is 5.98. The first-order valence-corrected chi connectivity index (χ1v) is 8.20. The maximum Gasteiger partial charge on any atom is 0.339 e. The number of pyridine rings is 1. The van der Waals surface area contributed by atoms with Gasteiger partial charge in [0.15, 0.2) is 0 Å². The Labute approximate surface area is 138 Å². The summed E-state index contributed by atoms with van der Waals surface area (Å²) in [7, 11) is 0. The van der Waals surface area contributed by atoms with Crippen LogP contribution in [0.2, 0.25) is 0 Å². The standard InChI is InChI=1S/C17H18FN3O3/c18-16-12(3-4-14(20-16)10-1-2-10)15-13(17(22)23)9-19-21(15)11-5-7-24-8-6-11/h3-4,9-11H,1-2,5-8H2,(H,22,23). The largest absolute Gasteiger partial charge is 0.478 e. The van der Waals surface area contributed by atoms with Crippen LogP contribution in [-0.4, -0.2) is 39.1 Å². The minimum Gasteiger partial charge on any atom is -0.478 e. The SMILES string of the molecule is O=C(O)c1cnn(C2CCOCC2)c1-c1ccc(C2CC2)nc1F. The number of rotatable bonds is 4. The zero-order valence-electron chi connectivity index (χ0n) is 13.1. The van der Waals surface area contributed by atoms with Crippen molar-refractivity contribution < 1.29 is 19.0 Å². The van der Waals surface area contributed by atoms with Gasteiger partial charge in [-0.3, -0.25) is 4.68 Å². The number of ether oxygens (including phenoxy) is 1. The fraction of sp³-hybridized carbons (Fsp3) is 0.471. The van der Waals surface area contributed by atoms with Crippen molar-refractivity contribution >= 4 is 5.97 Å². The van der Waals surface area contributed by atoms with Crippen LogP contribution in [0.5, 0.6) is 0 Å². The van der Waals surface area contributed by atoms with Gasteiger partial charge in [0, 0.05) is 24.8 Å². The van der Waals surface area contributed by atoms with Crippen molar-refractivity contribution in [3.05, 3.63) is 35.5 Å². The Balaban J connectivity index is 1.80. The summed E-state index contributed by atoms with van der Waals surface area (Å²) in [6, 6.07) is 3.43. The lowest BCUT2D eigenvalue weighted by atomic mass is 10.1. The highest BCUT2D eigenvalue weighted by molar-refractivity contribution is 5.94. The van der Waals surface area contributed by atoms with Crippen LogP contribution in [0, 0.1) is 5.95 Å². The number of aromatic carboxylic acids is 1. The third-order valence-corrected chi connectivity index (χ3v) is 4.68. The maximum atomic E-state index is 14.6. The highest BCUT2D eigenvalue weighted by Crippen LogP contribution is 2.40. The third-order valence-electron chi connectivity index (χ3n) is 4.68. The second-order valence-corrected chi connectivity index (χ2v) is 6.35. The van der Waals surface area contributed by atoms with Crippen LogP contribution in [0.4, 0.5) is 4.39 Å². The quantitative estimate of drug-likeness (QED) is 0.872. The first-order chi connectivity index (χ1) is 11.6. The molecular formula is C17H18FN3O3. The summed E-state index contributed by atoms with van der Waals surface area (Å²) in [5, 5.41) is 13.7. The molecule has 0 spiro atoms. The summed E-state index contributed by atoms with van der Waals surface area (Å²) in [5.74, 6) is -1.41. The highest BCUT2D eigenvalue weighted by Gasteiger charge is 2.29. The molecule has 4 rings (SSSR count). The number of nitrogens with zero attached hydrogens (tertiary/aromatic N) is 3. The molecule has 2 aromatic rings. The van der Waals surface area contributed by atoms with Crippen molar-refractivity contribution in [1.82, 2.24) is 14.8 Å². The Morgan fingerprint density at radius 3 is 2.62 bits per heavy atom. The molecule has 0 bridgehead atoms. The Morgan fingerprint density at radius 1 is 1.25 bits per heavy atom.